The molecule has 3 heterocycles. The number of nitrogens with zero attached hydrogens (tertiary/aromatic N) is 4. The number of halogens is 1. The topological polar surface area (TPSA) is 85.9 Å². The van der Waals surface area contributed by atoms with Crippen LogP contribution in [0.25, 0.3) is 0 Å². The van der Waals surface area contributed by atoms with Crippen LogP contribution in [0.2, 0.25) is 5.02 Å². The number of rotatable bonds is 6. The van der Waals surface area contributed by atoms with Crippen LogP contribution in [-0.4, -0.2) is 63.0 Å². The number of thiazole rings is 1. The van der Waals surface area contributed by atoms with Crippen molar-refractivity contribution in [3.8, 4) is 0 Å². The molecule has 1 saturated heterocycles. The van der Waals surface area contributed by atoms with Gasteiger partial charge in [-0.15, -0.1) is 11.3 Å². The largest absolute Gasteiger partial charge is 0.368 e. The van der Waals surface area contributed by atoms with Crippen molar-refractivity contribution in [2.24, 2.45) is 0 Å². The van der Waals surface area contributed by atoms with Gasteiger partial charge in [0.2, 0.25) is 5.91 Å². The van der Waals surface area contributed by atoms with Gasteiger partial charge in [0.1, 0.15) is 6.04 Å². The quantitative estimate of drug-likeness (QED) is 0.482. The zero-order chi connectivity index (χ0) is 26.2. The van der Waals surface area contributed by atoms with Crippen molar-refractivity contribution in [1.29, 1.82) is 0 Å². The summed E-state index contributed by atoms with van der Waals surface area (Å²) >= 11 is 7.48. The molecule has 3 aromatic rings. The van der Waals surface area contributed by atoms with Gasteiger partial charge in [-0.3, -0.25) is 9.52 Å². The average molecular weight is 560 g/mol. The SMILES string of the molecule is Cc1cnc(NS(=O)(=O)c2ccc(N3CCN(C(=O)[C@@H](C)N4CCCc5cc(Cl)ccc54)CC3)cc2)s1. The maximum atomic E-state index is 13.4. The van der Waals surface area contributed by atoms with E-state index in [1.54, 1.807) is 18.3 Å². The molecule has 2 aromatic carbocycles. The lowest BCUT2D eigenvalue weighted by Gasteiger charge is -2.41. The van der Waals surface area contributed by atoms with Crippen LogP contribution in [0, 0.1) is 6.92 Å². The number of sulfonamides is 1. The van der Waals surface area contributed by atoms with Gasteiger partial charge in [0.25, 0.3) is 10.0 Å². The number of hydrogen-bond acceptors (Lipinski definition) is 7. The van der Waals surface area contributed by atoms with Crippen LogP contribution in [0.4, 0.5) is 16.5 Å². The number of hydrogen-bond donors (Lipinski definition) is 1. The zero-order valence-electron chi connectivity index (χ0n) is 20.9. The second kappa shape index (κ2) is 10.5. The molecule has 196 valence electrons. The normalized spacial score (nSPS) is 16.9. The highest BCUT2D eigenvalue weighted by Crippen LogP contribution is 2.31. The minimum Gasteiger partial charge on any atom is -0.368 e. The van der Waals surface area contributed by atoms with Crippen molar-refractivity contribution >= 4 is 55.4 Å². The Bertz CT molecular complexity index is 1390. The van der Waals surface area contributed by atoms with E-state index < -0.39 is 10.0 Å². The van der Waals surface area contributed by atoms with Crippen molar-refractivity contribution in [3.05, 3.63) is 64.1 Å². The molecule has 2 aliphatic rings. The van der Waals surface area contributed by atoms with Gasteiger partial charge in [-0.05, 0) is 74.7 Å². The van der Waals surface area contributed by atoms with Gasteiger partial charge in [-0.1, -0.05) is 11.6 Å². The Morgan fingerprint density at radius 2 is 1.81 bits per heavy atom. The van der Waals surface area contributed by atoms with Crippen molar-refractivity contribution in [2.75, 3.05) is 47.2 Å². The molecule has 0 saturated carbocycles. The second-order valence-electron chi connectivity index (χ2n) is 9.43. The van der Waals surface area contributed by atoms with Gasteiger partial charge < -0.3 is 14.7 Å². The Morgan fingerprint density at radius 3 is 2.49 bits per heavy atom. The van der Waals surface area contributed by atoms with Gasteiger partial charge in [0.15, 0.2) is 5.13 Å². The predicted molar refractivity (Wildman–Crippen MR) is 149 cm³/mol. The molecule has 0 spiro atoms. The van der Waals surface area contributed by atoms with Crippen molar-refractivity contribution < 1.29 is 13.2 Å². The van der Waals surface area contributed by atoms with Gasteiger partial charge in [-0.2, -0.15) is 0 Å². The van der Waals surface area contributed by atoms with E-state index in [0.717, 1.165) is 40.7 Å². The number of fused-ring (bicyclic) bond motifs is 1. The van der Waals surface area contributed by atoms with Gasteiger partial charge in [-0.25, -0.2) is 13.4 Å². The van der Waals surface area contributed by atoms with Crippen molar-refractivity contribution in [3.63, 3.8) is 0 Å². The van der Waals surface area contributed by atoms with E-state index in [1.807, 2.05) is 49.1 Å². The molecule has 8 nitrogen and oxygen atoms in total. The number of amides is 1. The molecule has 37 heavy (non-hydrogen) atoms. The highest BCUT2D eigenvalue weighted by Gasteiger charge is 2.31. The third-order valence-electron chi connectivity index (χ3n) is 6.97. The Morgan fingerprint density at radius 1 is 1.08 bits per heavy atom. The first-order valence-corrected chi connectivity index (χ1v) is 15.0. The Hall–Kier alpha value is -2.82. The van der Waals surface area contributed by atoms with Crippen molar-refractivity contribution in [1.82, 2.24) is 9.88 Å². The molecule has 1 aromatic heterocycles. The number of piperazine rings is 1. The van der Waals surface area contributed by atoms with Crippen LogP contribution in [0.15, 0.2) is 53.6 Å². The molecule has 0 radical (unpaired) electrons. The summed E-state index contributed by atoms with van der Waals surface area (Å²) in [5.41, 5.74) is 3.24. The summed E-state index contributed by atoms with van der Waals surface area (Å²) in [6.07, 6.45) is 3.62. The molecule has 0 unspecified atom stereocenters. The molecule has 1 amide bonds. The summed E-state index contributed by atoms with van der Waals surface area (Å²) in [5.74, 6) is 0.132. The van der Waals surface area contributed by atoms with Gasteiger partial charge >= 0.3 is 0 Å². The van der Waals surface area contributed by atoms with E-state index in [0.29, 0.717) is 31.3 Å². The van der Waals surface area contributed by atoms with E-state index in [-0.39, 0.29) is 16.8 Å². The number of anilines is 3. The van der Waals surface area contributed by atoms with Gasteiger partial charge in [0.05, 0.1) is 4.90 Å². The van der Waals surface area contributed by atoms with E-state index in [1.165, 1.54) is 16.9 Å². The fourth-order valence-electron chi connectivity index (χ4n) is 4.99. The molecule has 0 bridgehead atoms. The Balaban J connectivity index is 1.19. The molecule has 1 fully saturated rings. The van der Waals surface area contributed by atoms with E-state index in [4.69, 9.17) is 11.6 Å². The molecule has 1 N–H and O–H groups in total. The standard InChI is InChI=1S/C26H30ClN5O3S2/c1-18-17-28-26(36-18)29-37(34,35)23-8-6-22(7-9-23)30-12-14-31(15-13-30)25(33)19(2)32-11-3-4-20-16-21(27)5-10-24(20)32/h5-10,16-17,19H,3-4,11-15H2,1-2H3,(H,28,29)/t19-/m1/s1. The van der Waals surface area contributed by atoms with Crippen LogP contribution < -0.4 is 14.5 Å². The Labute approximate surface area is 226 Å². The zero-order valence-corrected chi connectivity index (χ0v) is 23.2. The first kappa shape index (κ1) is 25.8. The molecular formula is C26H30ClN5O3S2. The lowest BCUT2D eigenvalue weighted by Crippen LogP contribution is -2.55. The van der Waals surface area contributed by atoms with Crippen LogP contribution >= 0.6 is 22.9 Å². The second-order valence-corrected chi connectivity index (χ2v) is 12.8. The lowest BCUT2D eigenvalue weighted by molar-refractivity contribution is -0.132. The molecule has 1 atom stereocenters. The first-order chi connectivity index (χ1) is 17.7. The summed E-state index contributed by atoms with van der Waals surface area (Å²) in [4.78, 5) is 24.9. The van der Waals surface area contributed by atoms with Crippen LogP contribution in [0.5, 0.6) is 0 Å². The van der Waals surface area contributed by atoms with E-state index in [9.17, 15) is 13.2 Å². The third-order valence-corrected chi connectivity index (χ3v) is 9.51. The molecule has 0 aliphatic carbocycles. The summed E-state index contributed by atoms with van der Waals surface area (Å²) in [7, 11) is -3.70. The number of aromatic nitrogens is 1. The predicted octanol–water partition coefficient (Wildman–Crippen LogP) is 4.40. The number of carbonyl (C=O) groups is 1. The minimum absolute atomic E-state index is 0.132. The number of aryl methyl sites for hydroxylation is 2. The third kappa shape index (κ3) is 5.56. The first-order valence-electron chi connectivity index (χ1n) is 12.4. The highest BCUT2D eigenvalue weighted by molar-refractivity contribution is 7.93. The molecule has 5 rings (SSSR count). The van der Waals surface area contributed by atoms with Crippen LogP contribution in [0.1, 0.15) is 23.8 Å². The average Bonchev–Trinajstić information content (AvgIpc) is 3.31. The summed E-state index contributed by atoms with van der Waals surface area (Å²) in [6.45, 7) is 7.33. The number of benzene rings is 2. The Kier molecular flexibility index (Phi) is 7.33. The monoisotopic (exact) mass is 559 g/mol. The maximum absolute atomic E-state index is 13.4. The van der Waals surface area contributed by atoms with Crippen molar-refractivity contribution in [2.45, 2.75) is 37.6 Å². The fraction of sp³-hybridized carbons (Fsp3) is 0.385. The molecular weight excluding hydrogens is 530 g/mol. The minimum atomic E-state index is -3.70. The van der Waals surface area contributed by atoms with Gasteiger partial charge in [0, 0.05) is 60.2 Å². The summed E-state index contributed by atoms with van der Waals surface area (Å²) < 4.78 is 27.9. The fourth-order valence-corrected chi connectivity index (χ4v) is 7.09. The smallest absolute Gasteiger partial charge is 0.263 e. The number of carbonyl (C=O) groups excluding carboxylic acids is 1. The maximum Gasteiger partial charge on any atom is 0.263 e. The number of nitrogens with one attached hydrogen (secondary N) is 1. The lowest BCUT2D eigenvalue weighted by atomic mass is 10.00. The summed E-state index contributed by atoms with van der Waals surface area (Å²) in [6, 6.07) is 12.5. The summed E-state index contributed by atoms with van der Waals surface area (Å²) in [5, 5.41) is 1.08. The van der Waals surface area contributed by atoms with E-state index in [2.05, 4.69) is 19.5 Å². The molecule has 11 heteroatoms. The van der Waals surface area contributed by atoms with Crippen LogP contribution in [0.3, 0.4) is 0 Å². The van der Waals surface area contributed by atoms with E-state index >= 15 is 0 Å². The highest BCUT2D eigenvalue weighted by atomic mass is 35.5. The van der Waals surface area contributed by atoms with Crippen LogP contribution in [-0.2, 0) is 21.2 Å². The molecule has 2 aliphatic heterocycles.